The molecule has 33 heavy (non-hydrogen) atoms. The number of hydrogen-bond acceptors (Lipinski definition) is 7. The molecule has 1 atom stereocenters. The van der Waals surface area contributed by atoms with Crippen molar-refractivity contribution in [2.45, 2.75) is 25.0 Å². The van der Waals surface area contributed by atoms with Crippen LogP contribution >= 0.6 is 11.8 Å². The molecule has 0 radical (unpaired) electrons. The summed E-state index contributed by atoms with van der Waals surface area (Å²) in [6, 6.07) is 15.7. The van der Waals surface area contributed by atoms with E-state index in [4.69, 9.17) is 9.47 Å². The molecule has 3 rings (SSSR count). The molecule has 0 aliphatic heterocycles. The summed E-state index contributed by atoms with van der Waals surface area (Å²) in [5.74, 6) is 1.78. The molecule has 0 aliphatic rings. The number of amides is 1. The number of nitrogens with one attached hydrogen (secondary N) is 1. The standard InChI is InChI=1S/C24H31N5O3S/c1-5-28(6-2)22(18-8-7-9-21(14-18)32-4)15-25-23(30)16-33-24-27-26-17-29(24)19-10-12-20(31-3)13-11-19/h7-14,17,22H,5-6,15-16H2,1-4H3,(H,25,30). The summed E-state index contributed by atoms with van der Waals surface area (Å²) >= 11 is 1.35. The van der Waals surface area contributed by atoms with Crippen LogP contribution in [0.1, 0.15) is 25.5 Å². The number of aromatic nitrogens is 3. The van der Waals surface area contributed by atoms with Crippen LogP contribution in [0.15, 0.2) is 60.0 Å². The second-order valence-corrected chi connectivity index (χ2v) is 8.23. The summed E-state index contributed by atoms with van der Waals surface area (Å²) in [4.78, 5) is 15.0. The molecule has 0 saturated carbocycles. The number of thioether (sulfide) groups is 1. The Hall–Kier alpha value is -3.04. The van der Waals surface area contributed by atoms with Gasteiger partial charge in [0.05, 0.1) is 26.0 Å². The largest absolute Gasteiger partial charge is 0.497 e. The third-order valence-electron chi connectivity index (χ3n) is 5.42. The van der Waals surface area contributed by atoms with Crippen LogP contribution < -0.4 is 14.8 Å². The highest BCUT2D eigenvalue weighted by atomic mass is 32.2. The highest BCUT2D eigenvalue weighted by molar-refractivity contribution is 7.99. The molecule has 3 aromatic rings. The van der Waals surface area contributed by atoms with E-state index in [0.29, 0.717) is 11.7 Å². The monoisotopic (exact) mass is 469 g/mol. The SMILES string of the molecule is CCN(CC)C(CNC(=O)CSc1nncn1-c1ccc(OC)cc1)c1cccc(OC)c1. The second kappa shape index (κ2) is 12.3. The topological polar surface area (TPSA) is 81.5 Å². The molecule has 9 heteroatoms. The van der Waals surface area contributed by atoms with E-state index in [1.807, 2.05) is 47.0 Å². The number of nitrogens with zero attached hydrogens (tertiary/aromatic N) is 4. The van der Waals surface area contributed by atoms with Crippen molar-refractivity contribution in [1.29, 1.82) is 0 Å². The third kappa shape index (κ3) is 6.49. The molecular weight excluding hydrogens is 438 g/mol. The number of ether oxygens (including phenoxy) is 2. The van der Waals surface area contributed by atoms with Gasteiger partial charge in [-0.1, -0.05) is 37.7 Å². The smallest absolute Gasteiger partial charge is 0.230 e. The molecule has 0 fully saturated rings. The summed E-state index contributed by atoms with van der Waals surface area (Å²) in [5, 5.41) is 11.9. The molecule has 176 valence electrons. The Kier molecular flexibility index (Phi) is 9.14. The number of hydrogen-bond donors (Lipinski definition) is 1. The normalized spacial score (nSPS) is 11.9. The van der Waals surface area contributed by atoms with Gasteiger partial charge in [0.2, 0.25) is 5.91 Å². The lowest BCUT2D eigenvalue weighted by atomic mass is 10.0. The Morgan fingerprint density at radius 1 is 1.09 bits per heavy atom. The number of carbonyl (C=O) groups excluding carboxylic acids is 1. The van der Waals surface area contributed by atoms with Gasteiger partial charge in [-0.05, 0) is 55.1 Å². The van der Waals surface area contributed by atoms with Crippen molar-refractivity contribution in [2.24, 2.45) is 0 Å². The number of likely N-dealkylation sites (N-methyl/N-ethyl adjacent to an activating group) is 1. The maximum Gasteiger partial charge on any atom is 0.230 e. The zero-order chi connectivity index (χ0) is 23.6. The number of methoxy groups -OCH3 is 2. The molecule has 1 aromatic heterocycles. The van der Waals surface area contributed by atoms with E-state index >= 15 is 0 Å². The van der Waals surface area contributed by atoms with E-state index in [9.17, 15) is 4.79 Å². The van der Waals surface area contributed by atoms with E-state index in [-0.39, 0.29) is 17.7 Å². The second-order valence-electron chi connectivity index (χ2n) is 7.29. The fraction of sp³-hybridized carbons (Fsp3) is 0.375. The summed E-state index contributed by atoms with van der Waals surface area (Å²) in [6.07, 6.45) is 1.64. The van der Waals surface area contributed by atoms with Crippen molar-refractivity contribution in [3.8, 4) is 17.2 Å². The average Bonchev–Trinajstić information content (AvgIpc) is 3.34. The quantitative estimate of drug-likeness (QED) is 0.406. The molecule has 0 aliphatic carbocycles. The van der Waals surface area contributed by atoms with Crippen LogP contribution in [0.2, 0.25) is 0 Å². The van der Waals surface area contributed by atoms with Gasteiger partial charge in [0.1, 0.15) is 17.8 Å². The van der Waals surface area contributed by atoms with E-state index in [2.05, 4.69) is 40.3 Å². The van der Waals surface area contributed by atoms with Crippen molar-refractivity contribution < 1.29 is 14.3 Å². The zero-order valence-electron chi connectivity index (χ0n) is 19.5. The third-order valence-corrected chi connectivity index (χ3v) is 6.37. The average molecular weight is 470 g/mol. The first-order valence-corrected chi connectivity index (χ1v) is 11.9. The first kappa shape index (κ1) is 24.6. The minimum Gasteiger partial charge on any atom is -0.497 e. The fourth-order valence-corrected chi connectivity index (χ4v) is 4.36. The highest BCUT2D eigenvalue weighted by Crippen LogP contribution is 2.24. The van der Waals surface area contributed by atoms with Crippen molar-refractivity contribution in [2.75, 3.05) is 39.6 Å². The lowest BCUT2D eigenvalue weighted by molar-refractivity contribution is -0.118. The Bertz CT molecular complexity index is 1020. The number of rotatable bonds is 12. The summed E-state index contributed by atoms with van der Waals surface area (Å²) in [5.41, 5.74) is 2.02. The van der Waals surface area contributed by atoms with Gasteiger partial charge in [-0.2, -0.15) is 0 Å². The fourth-order valence-electron chi connectivity index (χ4n) is 3.61. The molecule has 0 bridgehead atoms. The molecule has 2 aromatic carbocycles. The van der Waals surface area contributed by atoms with Gasteiger partial charge < -0.3 is 14.8 Å². The van der Waals surface area contributed by atoms with Gasteiger partial charge in [-0.15, -0.1) is 10.2 Å². The summed E-state index contributed by atoms with van der Waals surface area (Å²) in [7, 11) is 3.29. The molecular formula is C24H31N5O3S. The van der Waals surface area contributed by atoms with E-state index in [1.54, 1.807) is 20.5 Å². The van der Waals surface area contributed by atoms with Crippen molar-refractivity contribution in [3.63, 3.8) is 0 Å². The summed E-state index contributed by atoms with van der Waals surface area (Å²) < 4.78 is 12.5. The summed E-state index contributed by atoms with van der Waals surface area (Å²) in [6.45, 7) is 6.53. The molecule has 1 amide bonds. The first-order chi connectivity index (χ1) is 16.1. The van der Waals surface area contributed by atoms with Crippen LogP contribution in [-0.4, -0.2) is 65.2 Å². The minimum absolute atomic E-state index is 0.0515. The highest BCUT2D eigenvalue weighted by Gasteiger charge is 2.20. The van der Waals surface area contributed by atoms with Gasteiger partial charge in [0.25, 0.3) is 0 Å². The van der Waals surface area contributed by atoms with Crippen LogP contribution in [0.25, 0.3) is 5.69 Å². The van der Waals surface area contributed by atoms with Gasteiger partial charge >= 0.3 is 0 Å². The minimum atomic E-state index is -0.0515. The lowest BCUT2D eigenvalue weighted by Crippen LogP contribution is -2.38. The molecule has 0 spiro atoms. The Morgan fingerprint density at radius 3 is 2.48 bits per heavy atom. The maximum absolute atomic E-state index is 12.7. The molecule has 0 saturated heterocycles. The van der Waals surface area contributed by atoms with Crippen LogP contribution in [0.5, 0.6) is 11.5 Å². The number of benzene rings is 2. The number of carbonyl (C=O) groups is 1. The predicted molar refractivity (Wildman–Crippen MR) is 130 cm³/mol. The molecule has 1 N–H and O–H groups in total. The van der Waals surface area contributed by atoms with Crippen molar-refractivity contribution >= 4 is 17.7 Å². The van der Waals surface area contributed by atoms with Gasteiger partial charge in [-0.3, -0.25) is 14.3 Å². The maximum atomic E-state index is 12.7. The van der Waals surface area contributed by atoms with Crippen LogP contribution in [0.4, 0.5) is 0 Å². The van der Waals surface area contributed by atoms with Crippen LogP contribution in [0.3, 0.4) is 0 Å². The van der Waals surface area contributed by atoms with E-state index < -0.39 is 0 Å². The zero-order valence-corrected chi connectivity index (χ0v) is 20.3. The van der Waals surface area contributed by atoms with Gasteiger partial charge in [0.15, 0.2) is 5.16 Å². The van der Waals surface area contributed by atoms with Crippen LogP contribution in [-0.2, 0) is 4.79 Å². The van der Waals surface area contributed by atoms with Gasteiger partial charge in [-0.25, -0.2) is 0 Å². The predicted octanol–water partition coefficient (Wildman–Crippen LogP) is 3.58. The Morgan fingerprint density at radius 2 is 1.82 bits per heavy atom. The van der Waals surface area contributed by atoms with Crippen molar-refractivity contribution in [1.82, 2.24) is 25.0 Å². The lowest BCUT2D eigenvalue weighted by Gasteiger charge is -2.30. The Labute approximate surface area is 199 Å². The van der Waals surface area contributed by atoms with Crippen LogP contribution in [0, 0.1) is 0 Å². The van der Waals surface area contributed by atoms with E-state index in [0.717, 1.165) is 35.8 Å². The van der Waals surface area contributed by atoms with E-state index in [1.165, 1.54) is 11.8 Å². The first-order valence-electron chi connectivity index (χ1n) is 10.9. The Balaban J connectivity index is 1.62. The van der Waals surface area contributed by atoms with Crippen molar-refractivity contribution in [3.05, 3.63) is 60.4 Å². The molecule has 1 unspecified atom stereocenters. The molecule has 1 heterocycles. The van der Waals surface area contributed by atoms with Gasteiger partial charge in [0, 0.05) is 12.2 Å². The molecule has 8 nitrogen and oxygen atoms in total.